The molecule has 0 radical (unpaired) electrons. The molecule has 4 heteroatoms. The highest BCUT2D eigenvalue weighted by Gasteiger charge is 2.04. The van der Waals surface area contributed by atoms with Crippen molar-refractivity contribution in [3.05, 3.63) is 17.0 Å². The Kier molecular flexibility index (Phi) is 5.18. The minimum Gasteiger partial charge on any atom is -0.480 e. The maximum absolute atomic E-state index is 10.5. The molecule has 0 aromatic carbocycles. The summed E-state index contributed by atoms with van der Waals surface area (Å²) in [5.74, 6) is -0.265. The molecule has 0 unspecified atom stereocenters. The summed E-state index contributed by atoms with van der Waals surface area (Å²) in [5.41, 5.74) is 1.24. The van der Waals surface area contributed by atoms with Crippen LogP contribution in [-0.2, 0) is 16.0 Å². The van der Waals surface area contributed by atoms with E-state index in [0.29, 0.717) is 13.2 Å². The van der Waals surface area contributed by atoms with Crippen molar-refractivity contribution in [2.24, 2.45) is 0 Å². The lowest BCUT2D eigenvalue weighted by Crippen LogP contribution is -2.09. The number of carbonyl (C=O) groups excluding carboxylic acids is 1. The van der Waals surface area contributed by atoms with Gasteiger partial charge in [-0.05, 0) is 17.9 Å². The van der Waals surface area contributed by atoms with Gasteiger partial charge in [-0.2, -0.15) is 0 Å². The summed E-state index contributed by atoms with van der Waals surface area (Å²) in [5, 5.41) is 2.97. The van der Waals surface area contributed by atoms with Crippen LogP contribution in [0.4, 0.5) is 0 Å². The summed E-state index contributed by atoms with van der Waals surface area (Å²) in [6, 6.07) is 2.08. The Bertz CT molecular complexity index is 307. The quantitative estimate of drug-likeness (QED) is 0.554. The highest BCUT2D eigenvalue weighted by molar-refractivity contribution is 7.12. The van der Waals surface area contributed by atoms with Gasteiger partial charge in [0.05, 0.1) is 0 Å². The van der Waals surface area contributed by atoms with Crippen molar-refractivity contribution >= 4 is 17.3 Å². The van der Waals surface area contributed by atoms with Crippen molar-refractivity contribution in [2.75, 3.05) is 13.2 Å². The summed E-state index contributed by atoms with van der Waals surface area (Å²) in [6.45, 7) is 4.28. The van der Waals surface area contributed by atoms with Crippen LogP contribution in [-0.4, -0.2) is 19.2 Å². The van der Waals surface area contributed by atoms with E-state index in [1.54, 1.807) is 11.3 Å². The lowest BCUT2D eigenvalue weighted by molar-refractivity contribution is -0.141. The first-order valence-corrected chi connectivity index (χ1v) is 5.94. The van der Waals surface area contributed by atoms with Crippen LogP contribution in [0.1, 0.15) is 25.8 Å². The van der Waals surface area contributed by atoms with Gasteiger partial charge >= 0.3 is 5.97 Å². The van der Waals surface area contributed by atoms with Crippen molar-refractivity contribution in [3.63, 3.8) is 0 Å². The van der Waals surface area contributed by atoms with Gasteiger partial charge in [-0.3, -0.25) is 4.79 Å². The van der Waals surface area contributed by atoms with E-state index in [1.807, 2.05) is 5.38 Å². The number of ether oxygens (including phenoxy) is 2. The van der Waals surface area contributed by atoms with E-state index in [0.717, 1.165) is 17.9 Å². The lowest BCUT2D eigenvalue weighted by Gasteiger charge is -2.06. The number of hydrogen-bond donors (Lipinski definition) is 0. The molecule has 1 rings (SSSR count). The molecule has 0 fully saturated rings. The molecule has 1 aromatic rings. The SMILES string of the molecule is CCCc1ccsc1OCCOC(C)=O. The molecule has 3 nitrogen and oxygen atoms in total. The monoisotopic (exact) mass is 228 g/mol. The number of esters is 1. The molecule has 0 spiro atoms. The van der Waals surface area contributed by atoms with E-state index in [4.69, 9.17) is 9.47 Å². The molecule has 0 saturated carbocycles. The average molecular weight is 228 g/mol. The predicted octanol–water partition coefficient (Wildman–Crippen LogP) is 2.64. The molecule has 0 aliphatic carbocycles. The predicted molar refractivity (Wildman–Crippen MR) is 60.4 cm³/mol. The lowest BCUT2D eigenvalue weighted by atomic mass is 10.2. The van der Waals surface area contributed by atoms with Gasteiger partial charge in [-0.1, -0.05) is 13.3 Å². The molecule has 15 heavy (non-hydrogen) atoms. The average Bonchev–Trinajstić information content (AvgIpc) is 2.61. The van der Waals surface area contributed by atoms with Gasteiger partial charge in [0.15, 0.2) is 5.06 Å². The number of hydrogen-bond acceptors (Lipinski definition) is 4. The molecule has 0 aliphatic rings. The summed E-state index contributed by atoms with van der Waals surface area (Å²) in [7, 11) is 0. The van der Waals surface area contributed by atoms with Gasteiger partial charge in [0.25, 0.3) is 0 Å². The van der Waals surface area contributed by atoms with E-state index in [9.17, 15) is 4.79 Å². The van der Waals surface area contributed by atoms with Gasteiger partial charge in [-0.25, -0.2) is 0 Å². The van der Waals surface area contributed by atoms with E-state index < -0.39 is 0 Å². The second-order valence-corrected chi connectivity index (χ2v) is 4.05. The molecule has 0 amide bonds. The summed E-state index contributed by atoms with van der Waals surface area (Å²) < 4.78 is 10.3. The van der Waals surface area contributed by atoms with Crippen LogP contribution < -0.4 is 4.74 Å². The van der Waals surface area contributed by atoms with Crippen LogP contribution >= 0.6 is 11.3 Å². The van der Waals surface area contributed by atoms with Crippen molar-refractivity contribution < 1.29 is 14.3 Å². The Morgan fingerprint density at radius 1 is 1.47 bits per heavy atom. The summed E-state index contributed by atoms with van der Waals surface area (Å²) in [4.78, 5) is 10.5. The zero-order chi connectivity index (χ0) is 11.1. The highest BCUT2D eigenvalue weighted by atomic mass is 32.1. The second-order valence-electron chi connectivity index (χ2n) is 3.17. The van der Waals surface area contributed by atoms with Crippen molar-refractivity contribution in [1.82, 2.24) is 0 Å². The minimum absolute atomic E-state index is 0.265. The van der Waals surface area contributed by atoms with Crippen LogP contribution in [0.3, 0.4) is 0 Å². The Hall–Kier alpha value is -1.03. The summed E-state index contributed by atoms with van der Waals surface area (Å²) >= 11 is 1.59. The van der Waals surface area contributed by atoms with Gasteiger partial charge in [0, 0.05) is 12.5 Å². The Morgan fingerprint density at radius 2 is 2.27 bits per heavy atom. The van der Waals surface area contributed by atoms with E-state index in [-0.39, 0.29) is 5.97 Å². The van der Waals surface area contributed by atoms with Gasteiger partial charge in [-0.15, -0.1) is 11.3 Å². The molecule has 0 saturated heterocycles. The molecule has 1 aromatic heterocycles. The third-order valence-corrected chi connectivity index (χ3v) is 2.71. The number of aryl methyl sites for hydroxylation is 1. The van der Waals surface area contributed by atoms with Crippen LogP contribution in [0.5, 0.6) is 5.06 Å². The normalized spacial score (nSPS) is 10.0. The van der Waals surface area contributed by atoms with Crippen molar-refractivity contribution in [2.45, 2.75) is 26.7 Å². The number of carbonyl (C=O) groups is 1. The van der Waals surface area contributed by atoms with Crippen molar-refractivity contribution in [3.8, 4) is 5.06 Å². The number of thiophene rings is 1. The van der Waals surface area contributed by atoms with E-state index in [1.165, 1.54) is 12.5 Å². The maximum Gasteiger partial charge on any atom is 0.302 e. The molecule has 1 heterocycles. The first kappa shape index (κ1) is 12.0. The largest absolute Gasteiger partial charge is 0.480 e. The third-order valence-electron chi connectivity index (χ3n) is 1.85. The van der Waals surface area contributed by atoms with Crippen LogP contribution in [0.15, 0.2) is 11.4 Å². The Balaban J connectivity index is 2.30. The fourth-order valence-electron chi connectivity index (χ4n) is 1.22. The molecule has 0 atom stereocenters. The topological polar surface area (TPSA) is 35.5 Å². The van der Waals surface area contributed by atoms with Gasteiger partial charge in [0.1, 0.15) is 13.2 Å². The zero-order valence-electron chi connectivity index (χ0n) is 9.12. The second kappa shape index (κ2) is 6.45. The molecule has 0 N–H and O–H groups in total. The smallest absolute Gasteiger partial charge is 0.302 e. The minimum atomic E-state index is -0.265. The standard InChI is InChI=1S/C11H16O3S/c1-3-4-10-5-8-15-11(10)14-7-6-13-9(2)12/h5,8H,3-4,6-7H2,1-2H3. The Labute approximate surface area is 94.0 Å². The maximum atomic E-state index is 10.5. The van der Waals surface area contributed by atoms with Gasteiger partial charge in [0.2, 0.25) is 0 Å². The fraction of sp³-hybridized carbons (Fsp3) is 0.545. The van der Waals surface area contributed by atoms with Gasteiger partial charge < -0.3 is 9.47 Å². The molecule has 0 bridgehead atoms. The van der Waals surface area contributed by atoms with Crippen LogP contribution in [0.25, 0.3) is 0 Å². The first-order chi connectivity index (χ1) is 7.24. The van der Waals surface area contributed by atoms with E-state index in [2.05, 4.69) is 13.0 Å². The molecule has 0 aliphatic heterocycles. The summed E-state index contributed by atoms with van der Waals surface area (Å²) in [6.07, 6.45) is 2.14. The number of rotatable bonds is 6. The molecular weight excluding hydrogens is 212 g/mol. The fourth-order valence-corrected chi connectivity index (χ4v) is 2.05. The van der Waals surface area contributed by atoms with Crippen LogP contribution in [0.2, 0.25) is 0 Å². The van der Waals surface area contributed by atoms with E-state index >= 15 is 0 Å². The molecule has 84 valence electrons. The van der Waals surface area contributed by atoms with Crippen LogP contribution in [0, 0.1) is 0 Å². The Morgan fingerprint density at radius 3 is 2.93 bits per heavy atom. The third kappa shape index (κ3) is 4.34. The highest BCUT2D eigenvalue weighted by Crippen LogP contribution is 2.26. The van der Waals surface area contributed by atoms with Crippen molar-refractivity contribution in [1.29, 1.82) is 0 Å². The molecular formula is C11H16O3S. The zero-order valence-corrected chi connectivity index (χ0v) is 9.93. The first-order valence-electron chi connectivity index (χ1n) is 5.06.